The monoisotopic (exact) mass is 580 g/mol. The molecule has 0 unspecified atom stereocenters. The predicted octanol–water partition coefficient (Wildman–Crippen LogP) is 8.71. The van der Waals surface area contributed by atoms with Crippen molar-refractivity contribution >= 4 is 0 Å². The van der Waals surface area contributed by atoms with E-state index in [-0.39, 0.29) is 25.8 Å². The summed E-state index contributed by atoms with van der Waals surface area (Å²) in [6, 6.07) is 4.00. The topological polar surface area (TPSA) is 56.4 Å². The van der Waals surface area contributed by atoms with Crippen LogP contribution in [0.2, 0.25) is 0 Å². The maximum Gasteiger partial charge on any atom is 4.00 e. The molecule has 0 spiro atoms. The van der Waals surface area contributed by atoms with Crippen molar-refractivity contribution in [2.45, 2.75) is 159 Å². The summed E-state index contributed by atoms with van der Waals surface area (Å²) in [5, 5.41) is 17.1. The Morgan fingerprint density at radius 3 is 0.310 bits per heavy atom. The second-order valence-electron chi connectivity index (χ2n) is 9.35. The molecule has 0 saturated carbocycles. The third-order valence-corrected chi connectivity index (χ3v) is 2.39. The van der Waals surface area contributed by atoms with Crippen LogP contribution in [0.3, 0.4) is 0 Å². The zero-order valence-corrected chi connectivity index (χ0v) is 26.5. The molecule has 0 rings (SSSR count). The van der Waals surface area contributed by atoms with Crippen molar-refractivity contribution in [1.29, 1.82) is 0 Å². The average Bonchev–Trinajstić information content (AvgIpc) is 2.32. The molecule has 0 radical (unpaired) electrons. The minimum atomic E-state index is 0. The third kappa shape index (κ3) is 73.4. The molecular formula is C24H56HfN4. The van der Waals surface area contributed by atoms with E-state index in [9.17, 15) is 0 Å². The Kier molecular flexibility index (Phi) is 37.0. The van der Waals surface area contributed by atoms with Crippen LogP contribution < -0.4 is 0 Å². The molecule has 4 nitrogen and oxygen atoms in total. The van der Waals surface area contributed by atoms with Crippen LogP contribution in [0.1, 0.15) is 111 Å². The van der Waals surface area contributed by atoms with Gasteiger partial charge in [0, 0.05) is 0 Å². The molecule has 0 N–H and O–H groups in total. The Morgan fingerprint density at radius 2 is 0.310 bits per heavy atom. The fourth-order valence-corrected chi connectivity index (χ4v) is 2.39. The summed E-state index contributed by atoms with van der Waals surface area (Å²) in [6.45, 7) is 33.6. The van der Waals surface area contributed by atoms with Crippen molar-refractivity contribution < 1.29 is 25.8 Å². The van der Waals surface area contributed by atoms with Gasteiger partial charge in [-0.1, -0.05) is 111 Å². The van der Waals surface area contributed by atoms with Gasteiger partial charge in [0.25, 0.3) is 0 Å². The molecule has 0 atom stereocenters. The van der Waals surface area contributed by atoms with Gasteiger partial charge >= 0.3 is 25.8 Å². The van der Waals surface area contributed by atoms with Crippen molar-refractivity contribution in [1.82, 2.24) is 0 Å². The first-order valence-corrected chi connectivity index (χ1v) is 11.3. The maximum atomic E-state index is 4.28. The van der Waals surface area contributed by atoms with Crippen LogP contribution in [0.25, 0.3) is 21.3 Å². The van der Waals surface area contributed by atoms with Gasteiger partial charge in [-0.05, 0) is 0 Å². The van der Waals surface area contributed by atoms with Gasteiger partial charge < -0.3 is 21.3 Å². The first-order chi connectivity index (χ1) is 12.5. The minimum absolute atomic E-state index is 0. The zero-order chi connectivity index (χ0) is 23.4. The van der Waals surface area contributed by atoms with E-state index in [0.717, 1.165) is 0 Å². The summed E-state index contributed by atoms with van der Waals surface area (Å²) in [6.07, 6.45) is 0. The number of hydrogen-bond donors (Lipinski definition) is 0. The van der Waals surface area contributed by atoms with Crippen LogP contribution in [-0.4, -0.2) is 48.3 Å². The second-order valence-corrected chi connectivity index (χ2v) is 9.35. The van der Waals surface area contributed by atoms with Crippen LogP contribution in [0.4, 0.5) is 0 Å². The summed E-state index contributed by atoms with van der Waals surface area (Å²) < 4.78 is 0. The number of rotatable bonds is 8. The molecule has 0 aromatic rings. The van der Waals surface area contributed by atoms with Crippen molar-refractivity contribution in [3.63, 3.8) is 0 Å². The standard InChI is InChI=1S/4C6H14N.Hf/c4*1-5(2)7-6(3)4;/h4*5-6H,1-4H3;/q4*-1;+4. The normalized spacial score (nSPS) is 10.8. The molecule has 0 amide bonds. The van der Waals surface area contributed by atoms with Gasteiger partial charge in [0.2, 0.25) is 0 Å². The number of hydrogen-bond acceptors (Lipinski definition) is 0. The second kappa shape index (κ2) is 26.7. The fraction of sp³-hybridized carbons (Fsp3) is 1.00. The van der Waals surface area contributed by atoms with E-state index in [1.165, 1.54) is 0 Å². The van der Waals surface area contributed by atoms with Crippen LogP contribution >= 0.6 is 0 Å². The van der Waals surface area contributed by atoms with Crippen LogP contribution in [0.15, 0.2) is 0 Å². The van der Waals surface area contributed by atoms with Crippen molar-refractivity contribution in [3.05, 3.63) is 21.3 Å². The Balaban J connectivity index is -0.0000000873. The molecule has 0 aliphatic rings. The quantitative estimate of drug-likeness (QED) is 0.259. The summed E-state index contributed by atoms with van der Waals surface area (Å²) in [4.78, 5) is 0. The molecule has 176 valence electrons. The molecule has 0 aromatic carbocycles. The minimum Gasteiger partial charge on any atom is -0.658 e. The largest absolute Gasteiger partial charge is 4.00 e. The van der Waals surface area contributed by atoms with Gasteiger partial charge in [-0.2, -0.15) is 0 Å². The predicted molar refractivity (Wildman–Crippen MR) is 135 cm³/mol. The van der Waals surface area contributed by atoms with Crippen molar-refractivity contribution in [2.75, 3.05) is 0 Å². The molecular weight excluding hydrogens is 523 g/mol. The van der Waals surface area contributed by atoms with E-state index >= 15 is 0 Å². The van der Waals surface area contributed by atoms with E-state index in [2.05, 4.69) is 132 Å². The molecule has 5 heteroatoms. The Hall–Kier alpha value is 0.710. The van der Waals surface area contributed by atoms with E-state index < -0.39 is 0 Å². The first kappa shape index (κ1) is 40.1. The van der Waals surface area contributed by atoms with Crippen LogP contribution in [-0.2, 0) is 25.8 Å². The molecule has 0 aromatic heterocycles. The van der Waals surface area contributed by atoms with E-state index in [1.54, 1.807) is 0 Å². The molecule has 0 fully saturated rings. The van der Waals surface area contributed by atoms with Gasteiger partial charge in [0.15, 0.2) is 0 Å². The summed E-state index contributed by atoms with van der Waals surface area (Å²) >= 11 is 0. The summed E-state index contributed by atoms with van der Waals surface area (Å²) in [5.41, 5.74) is 0. The molecule has 0 aliphatic heterocycles. The smallest absolute Gasteiger partial charge is 0.658 e. The van der Waals surface area contributed by atoms with Gasteiger partial charge in [-0.3, -0.25) is 0 Å². The zero-order valence-electron chi connectivity index (χ0n) is 22.9. The van der Waals surface area contributed by atoms with Gasteiger partial charge in [0.05, 0.1) is 0 Å². The molecule has 0 heterocycles. The summed E-state index contributed by atoms with van der Waals surface area (Å²) in [7, 11) is 0. The Labute approximate surface area is 205 Å². The molecule has 0 saturated heterocycles. The van der Waals surface area contributed by atoms with E-state index in [1.807, 2.05) is 0 Å². The van der Waals surface area contributed by atoms with Crippen LogP contribution in [0.5, 0.6) is 0 Å². The van der Waals surface area contributed by atoms with Crippen molar-refractivity contribution in [2.24, 2.45) is 0 Å². The van der Waals surface area contributed by atoms with Gasteiger partial charge in [-0.15, -0.1) is 48.3 Å². The van der Waals surface area contributed by atoms with Crippen LogP contribution in [0, 0.1) is 0 Å². The Bertz CT molecular complexity index is 196. The molecule has 29 heavy (non-hydrogen) atoms. The van der Waals surface area contributed by atoms with E-state index in [4.69, 9.17) is 0 Å². The molecule has 0 aliphatic carbocycles. The van der Waals surface area contributed by atoms with E-state index in [0.29, 0.717) is 48.3 Å². The third-order valence-electron chi connectivity index (χ3n) is 2.39. The van der Waals surface area contributed by atoms with Gasteiger partial charge in [-0.25, -0.2) is 0 Å². The fourth-order valence-electron chi connectivity index (χ4n) is 2.39. The summed E-state index contributed by atoms with van der Waals surface area (Å²) in [5.74, 6) is 0. The van der Waals surface area contributed by atoms with Crippen molar-refractivity contribution in [3.8, 4) is 0 Å². The SMILES string of the molecule is CC(C)[N-]C(C)C.CC(C)[N-]C(C)C.CC(C)[N-]C(C)C.CC(C)[N-]C(C)C.[Hf+4]. The number of nitrogens with zero attached hydrogens (tertiary/aromatic N) is 4. The molecule has 0 bridgehead atoms. The average molecular weight is 579 g/mol. The maximum absolute atomic E-state index is 4.28. The first-order valence-electron chi connectivity index (χ1n) is 11.3. The Morgan fingerprint density at radius 1 is 0.241 bits per heavy atom. The van der Waals surface area contributed by atoms with Gasteiger partial charge in [0.1, 0.15) is 0 Å².